The van der Waals surface area contributed by atoms with Crippen LogP contribution >= 0.6 is 0 Å². The smallest absolute Gasteiger partial charge is 0.295 e. The van der Waals surface area contributed by atoms with Crippen LogP contribution in [-0.2, 0) is 14.9 Å². The second-order valence-electron chi connectivity index (χ2n) is 3.57. The predicted octanol–water partition coefficient (Wildman–Crippen LogP) is 1.66. The van der Waals surface area contributed by atoms with Gasteiger partial charge < -0.3 is 0 Å². The second-order valence-corrected chi connectivity index (χ2v) is 5.22. The monoisotopic (exact) mass is 297 g/mol. The lowest BCUT2D eigenvalue weighted by atomic mass is 10.2. The van der Waals surface area contributed by atoms with Crippen LogP contribution in [0.4, 0.5) is 13.2 Å². The number of ketones is 1. The van der Waals surface area contributed by atoms with Gasteiger partial charge in [-0.2, -0.15) is 13.2 Å². The normalized spacial score (nSPS) is 12.4. The van der Waals surface area contributed by atoms with E-state index >= 15 is 0 Å². The molecular formula is C10H10F3NO4S. The third-order valence-electron chi connectivity index (χ3n) is 1.98. The van der Waals surface area contributed by atoms with E-state index in [1.807, 2.05) is 0 Å². The topological polar surface area (TPSA) is 72.5 Å². The summed E-state index contributed by atoms with van der Waals surface area (Å²) < 4.78 is 58.4. The highest BCUT2D eigenvalue weighted by Gasteiger charge is 2.29. The molecule has 0 atom stereocenters. The molecule has 5 nitrogen and oxygen atoms in total. The molecule has 0 aliphatic carbocycles. The molecule has 106 valence electrons. The van der Waals surface area contributed by atoms with E-state index in [2.05, 4.69) is 4.84 Å². The van der Waals surface area contributed by atoms with Crippen molar-refractivity contribution in [2.24, 2.45) is 0 Å². The first-order valence-electron chi connectivity index (χ1n) is 4.93. The molecule has 0 bridgehead atoms. The number of carbonyl (C=O) groups excluding carboxylic acids is 1. The molecule has 1 N–H and O–H groups in total. The number of alkyl halides is 3. The number of halogens is 3. The Morgan fingerprint density at radius 1 is 1.26 bits per heavy atom. The molecule has 0 unspecified atom stereocenters. The minimum atomic E-state index is -4.64. The molecule has 0 saturated carbocycles. The minimum Gasteiger partial charge on any atom is -0.295 e. The van der Waals surface area contributed by atoms with E-state index in [-0.39, 0.29) is 16.2 Å². The second kappa shape index (κ2) is 5.68. The lowest BCUT2D eigenvalue weighted by Crippen LogP contribution is -2.29. The maximum Gasteiger partial charge on any atom is 0.413 e. The molecule has 0 radical (unpaired) electrons. The standard InChI is InChI=1S/C10H10F3NO4S/c1-7(15)8-2-4-9(5-3-8)19(16,17)14-18-6-10(11,12)13/h2-5,14H,6H2,1H3. The summed E-state index contributed by atoms with van der Waals surface area (Å²) in [6, 6.07) is 4.69. The summed E-state index contributed by atoms with van der Waals surface area (Å²) in [6.07, 6.45) is -4.64. The van der Waals surface area contributed by atoms with Crippen LogP contribution in [-0.4, -0.2) is 27.0 Å². The van der Waals surface area contributed by atoms with Crippen LogP contribution < -0.4 is 4.89 Å². The Bertz CT molecular complexity index is 551. The highest BCUT2D eigenvalue weighted by Crippen LogP contribution is 2.15. The van der Waals surface area contributed by atoms with Gasteiger partial charge in [-0.25, -0.2) is 8.42 Å². The molecule has 19 heavy (non-hydrogen) atoms. The van der Waals surface area contributed by atoms with Gasteiger partial charge in [0.25, 0.3) is 10.0 Å². The van der Waals surface area contributed by atoms with Crippen LogP contribution in [0.1, 0.15) is 17.3 Å². The lowest BCUT2D eigenvalue weighted by Gasteiger charge is -2.09. The molecule has 0 aliphatic heterocycles. The van der Waals surface area contributed by atoms with Crippen molar-refractivity contribution in [2.75, 3.05) is 6.61 Å². The molecule has 9 heteroatoms. The fraction of sp³-hybridized carbons (Fsp3) is 0.300. The molecular weight excluding hydrogens is 287 g/mol. The van der Waals surface area contributed by atoms with Crippen molar-refractivity contribution >= 4 is 15.8 Å². The highest BCUT2D eigenvalue weighted by atomic mass is 32.2. The molecule has 0 fully saturated rings. The summed E-state index contributed by atoms with van der Waals surface area (Å²) in [6.45, 7) is -0.439. The number of benzene rings is 1. The van der Waals surface area contributed by atoms with Gasteiger partial charge in [0.05, 0.1) is 4.90 Å². The Balaban J connectivity index is 2.75. The fourth-order valence-corrected chi connectivity index (χ4v) is 1.91. The van der Waals surface area contributed by atoms with Crippen molar-refractivity contribution in [3.05, 3.63) is 29.8 Å². The summed E-state index contributed by atoms with van der Waals surface area (Å²) in [5, 5.41) is 0. The van der Waals surface area contributed by atoms with Crippen molar-refractivity contribution in [3.63, 3.8) is 0 Å². The average Bonchev–Trinajstić information content (AvgIpc) is 2.27. The van der Waals surface area contributed by atoms with Crippen molar-refractivity contribution in [1.82, 2.24) is 4.89 Å². The summed E-state index contributed by atoms with van der Waals surface area (Å²) in [4.78, 5) is 15.9. The van der Waals surface area contributed by atoms with E-state index < -0.39 is 22.8 Å². The predicted molar refractivity (Wildman–Crippen MR) is 58.8 cm³/mol. The number of rotatable bonds is 5. The molecule has 0 aromatic heterocycles. The van der Waals surface area contributed by atoms with Crippen molar-refractivity contribution in [1.29, 1.82) is 0 Å². The van der Waals surface area contributed by atoms with E-state index in [0.29, 0.717) is 0 Å². The summed E-state index contributed by atoms with van der Waals surface area (Å²) >= 11 is 0. The molecule has 0 spiro atoms. The molecule has 1 aromatic rings. The fourth-order valence-electron chi connectivity index (χ4n) is 1.11. The maximum absolute atomic E-state index is 11.8. The van der Waals surface area contributed by atoms with Gasteiger partial charge in [0.1, 0.15) is 0 Å². The number of Topliss-reactive ketones (excluding diaryl/α,β-unsaturated/α-hetero) is 1. The third-order valence-corrected chi connectivity index (χ3v) is 3.21. The molecule has 0 amide bonds. The van der Waals surface area contributed by atoms with Gasteiger partial charge >= 0.3 is 6.18 Å². The Kier molecular flexibility index (Phi) is 4.66. The number of carbonyl (C=O) groups is 1. The van der Waals surface area contributed by atoms with Crippen molar-refractivity contribution < 1.29 is 31.2 Å². The zero-order valence-electron chi connectivity index (χ0n) is 9.69. The van der Waals surface area contributed by atoms with Gasteiger partial charge in [0, 0.05) is 5.56 Å². The van der Waals surface area contributed by atoms with E-state index in [4.69, 9.17) is 0 Å². The van der Waals surface area contributed by atoms with E-state index in [9.17, 15) is 26.4 Å². The van der Waals surface area contributed by atoms with Crippen molar-refractivity contribution in [2.45, 2.75) is 18.0 Å². The van der Waals surface area contributed by atoms with Crippen LogP contribution in [0, 0.1) is 0 Å². The number of nitrogens with one attached hydrogen (secondary N) is 1. The van der Waals surface area contributed by atoms with Gasteiger partial charge in [-0.3, -0.25) is 9.63 Å². The molecule has 0 aliphatic rings. The Morgan fingerprint density at radius 2 is 1.79 bits per heavy atom. The van der Waals surface area contributed by atoms with Crippen LogP contribution in [0.2, 0.25) is 0 Å². The Morgan fingerprint density at radius 3 is 2.21 bits per heavy atom. The maximum atomic E-state index is 11.8. The van der Waals surface area contributed by atoms with Crippen molar-refractivity contribution in [3.8, 4) is 0 Å². The van der Waals surface area contributed by atoms with Crippen LogP contribution in [0.25, 0.3) is 0 Å². The molecule has 0 heterocycles. The van der Waals surface area contributed by atoms with Gasteiger partial charge in [-0.05, 0) is 19.1 Å². The van der Waals surface area contributed by atoms with Gasteiger partial charge in [0.2, 0.25) is 0 Å². The zero-order chi connectivity index (χ0) is 14.7. The van der Waals surface area contributed by atoms with Crippen LogP contribution in [0.5, 0.6) is 0 Å². The largest absolute Gasteiger partial charge is 0.413 e. The SMILES string of the molecule is CC(=O)c1ccc(S(=O)(=O)NOCC(F)(F)F)cc1. The number of hydrogen-bond acceptors (Lipinski definition) is 4. The van der Waals surface area contributed by atoms with Gasteiger partial charge in [0.15, 0.2) is 12.4 Å². The number of hydrogen-bond donors (Lipinski definition) is 1. The van der Waals surface area contributed by atoms with E-state index in [1.165, 1.54) is 23.9 Å². The van der Waals surface area contributed by atoms with E-state index in [1.54, 1.807) is 0 Å². The Hall–Kier alpha value is -1.45. The van der Waals surface area contributed by atoms with Gasteiger partial charge in [-0.15, -0.1) is 0 Å². The molecule has 0 saturated heterocycles. The lowest BCUT2D eigenvalue weighted by molar-refractivity contribution is -0.181. The quantitative estimate of drug-likeness (QED) is 0.662. The first-order valence-corrected chi connectivity index (χ1v) is 6.41. The third kappa shape index (κ3) is 4.97. The first kappa shape index (κ1) is 15.6. The zero-order valence-corrected chi connectivity index (χ0v) is 10.5. The first-order chi connectivity index (χ1) is 8.62. The van der Waals surface area contributed by atoms with Crippen LogP contribution in [0.3, 0.4) is 0 Å². The molecule has 1 rings (SSSR count). The minimum absolute atomic E-state index is 0.259. The van der Waals surface area contributed by atoms with E-state index in [0.717, 1.165) is 12.1 Å². The average molecular weight is 297 g/mol. The summed E-state index contributed by atoms with van der Waals surface area (Å²) in [5.74, 6) is -0.259. The molecule has 1 aromatic carbocycles. The summed E-state index contributed by atoms with van der Waals surface area (Å²) in [7, 11) is -4.21. The van der Waals surface area contributed by atoms with Gasteiger partial charge in [-0.1, -0.05) is 17.0 Å². The summed E-state index contributed by atoms with van der Waals surface area (Å²) in [5.41, 5.74) is 0.287. The Labute approximate surface area is 107 Å². The van der Waals surface area contributed by atoms with Crippen LogP contribution in [0.15, 0.2) is 29.2 Å². The number of sulfonamides is 1. The highest BCUT2D eigenvalue weighted by molar-refractivity contribution is 7.89.